The molecule has 0 saturated carbocycles. The van der Waals surface area contributed by atoms with Crippen LogP contribution in [0.1, 0.15) is 0 Å². The van der Waals surface area contributed by atoms with E-state index in [1.165, 1.54) is 16.8 Å². The van der Waals surface area contributed by atoms with Crippen LogP contribution in [0.25, 0.3) is 16.5 Å². The van der Waals surface area contributed by atoms with E-state index in [9.17, 15) is 15.2 Å². The van der Waals surface area contributed by atoms with E-state index in [4.69, 9.17) is 0 Å². The van der Waals surface area contributed by atoms with Gasteiger partial charge in [-0.25, -0.2) is 0 Å². The molecule has 0 N–H and O–H groups in total. The third-order valence-corrected chi connectivity index (χ3v) is 3.12. The molecule has 5 heteroatoms. The van der Waals surface area contributed by atoms with Gasteiger partial charge < -0.3 is 5.11 Å². The molecule has 0 amide bonds. The van der Waals surface area contributed by atoms with Crippen molar-refractivity contribution < 1.29 is 14.6 Å². The Balaban J connectivity index is 2.28. The second kappa shape index (κ2) is 4.62. The highest BCUT2D eigenvalue weighted by Crippen LogP contribution is 2.22. The van der Waals surface area contributed by atoms with Crippen molar-refractivity contribution in [3.8, 4) is 11.4 Å². The van der Waals surface area contributed by atoms with Crippen LogP contribution in [0.4, 0.5) is 5.69 Å². The largest absolute Gasteiger partial charge is 0.868 e. The van der Waals surface area contributed by atoms with Crippen LogP contribution in [-0.2, 0) is 0 Å². The van der Waals surface area contributed by atoms with Crippen LogP contribution in [0.5, 0.6) is 5.75 Å². The SMILES string of the molecule is O=[N+]([O-])c1ccccc1-[n+]1cc([O-])c2ccccc2c1. The van der Waals surface area contributed by atoms with Gasteiger partial charge in [0, 0.05) is 17.5 Å². The number of para-hydroxylation sites is 2. The van der Waals surface area contributed by atoms with E-state index in [-0.39, 0.29) is 11.4 Å². The lowest BCUT2D eigenvalue weighted by atomic mass is 10.1. The summed E-state index contributed by atoms with van der Waals surface area (Å²) in [5, 5.41) is 24.5. The highest BCUT2D eigenvalue weighted by molar-refractivity contribution is 5.85. The van der Waals surface area contributed by atoms with Crippen molar-refractivity contribution in [3.63, 3.8) is 0 Å². The first-order valence-electron chi connectivity index (χ1n) is 6.01. The molecule has 0 atom stereocenters. The van der Waals surface area contributed by atoms with E-state index in [1.807, 2.05) is 12.1 Å². The lowest BCUT2D eigenvalue weighted by molar-refractivity contribution is -0.602. The van der Waals surface area contributed by atoms with Gasteiger partial charge in [-0.15, -0.1) is 0 Å². The third-order valence-electron chi connectivity index (χ3n) is 3.12. The van der Waals surface area contributed by atoms with Crippen LogP contribution in [0.3, 0.4) is 0 Å². The Morgan fingerprint density at radius 3 is 2.45 bits per heavy atom. The smallest absolute Gasteiger partial charge is 0.340 e. The third kappa shape index (κ3) is 1.95. The zero-order valence-electron chi connectivity index (χ0n) is 10.4. The number of hydrogen-bond acceptors (Lipinski definition) is 3. The summed E-state index contributed by atoms with van der Waals surface area (Å²) >= 11 is 0. The van der Waals surface area contributed by atoms with Gasteiger partial charge in [0.1, 0.15) is 0 Å². The average Bonchev–Trinajstić information content (AvgIpc) is 2.47. The predicted octanol–water partition coefficient (Wildman–Crippen LogP) is 2.10. The molecule has 1 heterocycles. The number of nitro groups is 1. The maximum absolute atomic E-state index is 12.1. The quantitative estimate of drug-likeness (QED) is 0.405. The Labute approximate surface area is 114 Å². The van der Waals surface area contributed by atoms with Gasteiger partial charge in [0.15, 0.2) is 12.4 Å². The standard InChI is InChI=1S/C15H10N2O3/c18-15-10-16(9-11-5-1-2-6-12(11)15)13-7-3-4-8-14(13)17(19)20/h1-10H. The van der Waals surface area contributed by atoms with Crippen LogP contribution >= 0.6 is 0 Å². The van der Waals surface area contributed by atoms with Gasteiger partial charge in [0.05, 0.1) is 4.92 Å². The van der Waals surface area contributed by atoms with Crippen molar-refractivity contribution in [1.29, 1.82) is 0 Å². The number of benzene rings is 2. The van der Waals surface area contributed by atoms with Gasteiger partial charge in [-0.1, -0.05) is 30.3 Å². The summed E-state index contributed by atoms with van der Waals surface area (Å²) in [6, 6.07) is 13.5. The Kier molecular flexibility index (Phi) is 2.80. The van der Waals surface area contributed by atoms with Crippen LogP contribution < -0.4 is 9.67 Å². The Morgan fingerprint density at radius 2 is 1.65 bits per heavy atom. The number of nitro benzene ring substituents is 1. The summed E-state index contributed by atoms with van der Waals surface area (Å²) in [4.78, 5) is 10.6. The zero-order valence-corrected chi connectivity index (χ0v) is 10.4. The first-order valence-corrected chi connectivity index (χ1v) is 6.01. The molecule has 3 rings (SSSR count). The van der Waals surface area contributed by atoms with Gasteiger partial charge in [-0.3, -0.25) is 10.1 Å². The van der Waals surface area contributed by atoms with Crippen molar-refractivity contribution in [1.82, 2.24) is 0 Å². The van der Waals surface area contributed by atoms with Crippen molar-refractivity contribution >= 4 is 16.5 Å². The fourth-order valence-electron chi connectivity index (χ4n) is 2.19. The molecule has 0 unspecified atom stereocenters. The summed E-state index contributed by atoms with van der Waals surface area (Å²) in [5.41, 5.74) is 0.340. The van der Waals surface area contributed by atoms with Crippen LogP contribution in [0, 0.1) is 10.1 Å². The highest BCUT2D eigenvalue weighted by Gasteiger charge is 2.21. The van der Waals surface area contributed by atoms with Crippen LogP contribution in [0.15, 0.2) is 60.9 Å². The van der Waals surface area contributed by atoms with Crippen molar-refractivity contribution in [3.05, 3.63) is 71.0 Å². The molecule has 0 fully saturated rings. The average molecular weight is 266 g/mol. The van der Waals surface area contributed by atoms with Crippen molar-refractivity contribution in [2.24, 2.45) is 0 Å². The molecular formula is C15H10N2O3. The number of aromatic nitrogens is 1. The van der Waals surface area contributed by atoms with Crippen molar-refractivity contribution in [2.45, 2.75) is 0 Å². The molecule has 20 heavy (non-hydrogen) atoms. The number of hydrogen-bond donors (Lipinski definition) is 0. The minimum absolute atomic E-state index is 0.0350. The van der Waals surface area contributed by atoms with Gasteiger partial charge in [0.2, 0.25) is 0 Å². The van der Waals surface area contributed by atoms with Gasteiger partial charge in [-0.05, 0) is 17.2 Å². The van der Waals surface area contributed by atoms with Gasteiger partial charge in [-0.2, -0.15) is 4.57 Å². The molecule has 0 aliphatic carbocycles. The minimum Gasteiger partial charge on any atom is -0.868 e. The number of pyridine rings is 1. The molecule has 98 valence electrons. The van der Waals surface area contributed by atoms with Crippen LogP contribution in [0.2, 0.25) is 0 Å². The molecule has 0 aliphatic rings. The molecular weight excluding hydrogens is 256 g/mol. The number of rotatable bonds is 2. The maximum atomic E-state index is 12.1. The fraction of sp³-hybridized carbons (Fsp3) is 0. The molecule has 0 radical (unpaired) electrons. The fourth-order valence-corrected chi connectivity index (χ4v) is 2.19. The molecule has 3 aromatic rings. The molecule has 0 spiro atoms. The van der Waals surface area contributed by atoms with Gasteiger partial charge >= 0.3 is 5.69 Å². The number of fused-ring (bicyclic) bond motifs is 1. The summed E-state index contributed by atoms with van der Waals surface area (Å²) in [6.45, 7) is 0. The summed E-state index contributed by atoms with van der Waals surface area (Å²) in [7, 11) is 0. The molecule has 5 nitrogen and oxygen atoms in total. The van der Waals surface area contributed by atoms with E-state index in [0.29, 0.717) is 11.1 Å². The second-order valence-corrected chi connectivity index (χ2v) is 4.36. The van der Waals surface area contributed by atoms with Crippen molar-refractivity contribution in [2.75, 3.05) is 0 Å². The monoisotopic (exact) mass is 266 g/mol. The second-order valence-electron chi connectivity index (χ2n) is 4.36. The summed E-state index contributed by atoms with van der Waals surface area (Å²) < 4.78 is 1.50. The molecule has 0 saturated heterocycles. The molecule has 2 aromatic carbocycles. The Hall–Kier alpha value is -2.95. The highest BCUT2D eigenvalue weighted by atomic mass is 16.6. The zero-order chi connectivity index (χ0) is 14.1. The topological polar surface area (TPSA) is 70.1 Å². The maximum Gasteiger partial charge on any atom is 0.340 e. The van der Waals surface area contributed by atoms with E-state index in [1.54, 1.807) is 36.5 Å². The summed E-state index contributed by atoms with van der Waals surface area (Å²) in [6.07, 6.45) is 3.09. The Morgan fingerprint density at radius 1 is 0.950 bits per heavy atom. The summed E-state index contributed by atoms with van der Waals surface area (Å²) in [5.74, 6) is -0.166. The lowest BCUT2D eigenvalue weighted by Gasteiger charge is -2.08. The first kappa shape index (κ1) is 12.1. The molecule has 0 bridgehead atoms. The predicted molar refractivity (Wildman–Crippen MR) is 71.6 cm³/mol. The Bertz CT molecular complexity index is 815. The lowest BCUT2D eigenvalue weighted by Crippen LogP contribution is -2.31. The van der Waals surface area contributed by atoms with E-state index in [0.717, 1.165) is 5.39 Å². The molecule has 1 aromatic heterocycles. The molecule has 0 aliphatic heterocycles. The minimum atomic E-state index is -0.456. The van der Waals surface area contributed by atoms with Gasteiger partial charge in [0.25, 0.3) is 5.69 Å². The van der Waals surface area contributed by atoms with E-state index in [2.05, 4.69) is 0 Å². The normalized spacial score (nSPS) is 10.6. The first-order chi connectivity index (χ1) is 9.66. The number of nitrogens with zero attached hydrogens (tertiary/aromatic N) is 2. The van der Waals surface area contributed by atoms with E-state index >= 15 is 0 Å². The van der Waals surface area contributed by atoms with E-state index < -0.39 is 4.92 Å². The van der Waals surface area contributed by atoms with Crippen LogP contribution in [-0.4, -0.2) is 4.92 Å².